The van der Waals surface area contributed by atoms with E-state index in [4.69, 9.17) is 4.74 Å². The fraction of sp³-hybridized carbons (Fsp3) is 0.562. The Bertz CT molecular complexity index is 479. The summed E-state index contributed by atoms with van der Waals surface area (Å²) < 4.78 is 5.53. The second kappa shape index (κ2) is 6.27. The molecule has 2 N–H and O–H groups in total. The van der Waals surface area contributed by atoms with Gasteiger partial charge in [0.2, 0.25) is 0 Å². The van der Waals surface area contributed by atoms with Crippen molar-refractivity contribution >= 4 is 5.91 Å². The molecule has 0 radical (unpaired) electrons. The van der Waals surface area contributed by atoms with Gasteiger partial charge in [-0.2, -0.15) is 0 Å². The number of aliphatic hydroxyl groups is 1. The number of carbonyl (C=O) groups excluding carboxylic acids is 1. The van der Waals surface area contributed by atoms with Gasteiger partial charge in [0, 0.05) is 6.54 Å². The van der Waals surface area contributed by atoms with Crippen molar-refractivity contribution in [3.8, 4) is 5.75 Å². The third-order valence-electron chi connectivity index (χ3n) is 3.85. The Morgan fingerprint density at radius 3 is 2.75 bits per heavy atom. The van der Waals surface area contributed by atoms with Gasteiger partial charge in [0.15, 0.2) is 6.61 Å². The third kappa shape index (κ3) is 3.97. The van der Waals surface area contributed by atoms with E-state index in [9.17, 15) is 9.90 Å². The van der Waals surface area contributed by atoms with E-state index in [1.165, 1.54) is 0 Å². The van der Waals surface area contributed by atoms with Crippen LogP contribution in [0.4, 0.5) is 0 Å². The summed E-state index contributed by atoms with van der Waals surface area (Å²) in [5.74, 6) is 0.547. The molecule has 1 amide bonds. The summed E-state index contributed by atoms with van der Waals surface area (Å²) >= 11 is 0. The highest BCUT2D eigenvalue weighted by atomic mass is 16.5. The van der Waals surface area contributed by atoms with Crippen molar-refractivity contribution in [2.75, 3.05) is 13.2 Å². The fourth-order valence-corrected chi connectivity index (χ4v) is 2.53. The predicted octanol–water partition coefficient (Wildman–Crippen LogP) is 2.10. The molecular formula is C16H23NO3. The number of nitrogens with one attached hydrogen (secondary N) is 1. The summed E-state index contributed by atoms with van der Waals surface area (Å²) in [7, 11) is 0. The van der Waals surface area contributed by atoms with Gasteiger partial charge in [0.25, 0.3) is 5.91 Å². The first-order valence-corrected chi connectivity index (χ1v) is 7.18. The van der Waals surface area contributed by atoms with Gasteiger partial charge in [0.05, 0.1) is 5.60 Å². The zero-order valence-electron chi connectivity index (χ0n) is 12.2. The molecule has 1 aliphatic carbocycles. The summed E-state index contributed by atoms with van der Waals surface area (Å²) in [5, 5.41) is 12.9. The normalized spacial score (nSPS) is 16.9. The summed E-state index contributed by atoms with van der Waals surface area (Å²) in [4.78, 5) is 11.8. The lowest BCUT2D eigenvalue weighted by molar-refractivity contribution is -0.124. The highest BCUT2D eigenvalue weighted by Gasteiger charge is 2.31. The van der Waals surface area contributed by atoms with Crippen molar-refractivity contribution in [1.82, 2.24) is 5.32 Å². The lowest BCUT2D eigenvalue weighted by atomic mass is 10.0. The number of benzene rings is 1. The van der Waals surface area contributed by atoms with Crippen LogP contribution >= 0.6 is 0 Å². The summed E-state index contributed by atoms with van der Waals surface area (Å²) in [5.41, 5.74) is 1.40. The van der Waals surface area contributed by atoms with Crippen molar-refractivity contribution in [2.24, 2.45) is 0 Å². The van der Waals surface area contributed by atoms with Gasteiger partial charge < -0.3 is 15.2 Å². The molecule has 1 saturated carbocycles. The van der Waals surface area contributed by atoms with Gasteiger partial charge in [-0.1, -0.05) is 25.0 Å². The van der Waals surface area contributed by atoms with E-state index in [0.29, 0.717) is 6.54 Å². The molecule has 0 saturated heterocycles. The first-order valence-electron chi connectivity index (χ1n) is 7.18. The smallest absolute Gasteiger partial charge is 0.258 e. The number of hydrogen-bond acceptors (Lipinski definition) is 3. The van der Waals surface area contributed by atoms with Crippen LogP contribution in [0.2, 0.25) is 0 Å². The van der Waals surface area contributed by atoms with Crippen LogP contribution in [-0.2, 0) is 4.79 Å². The Balaban J connectivity index is 1.79. The van der Waals surface area contributed by atoms with Crippen LogP contribution < -0.4 is 10.1 Å². The van der Waals surface area contributed by atoms with Crippen molar-refractivity contribution in [3.63, 3.8) is 0 Å². The van der Waals surface area contributed by atoms with Crippen LogP contribution in [0.3, 0.4) is 0 Å². The molecule has 20 heavy (non-hydrogen) atoms. The second-order valence-electron chi connectivity index (χ2n) is 5.77. The first-order chi connectivity index (χ1) is 9.48. The minimum Gasteiger partial charge on any atom is -0.483 e. The predicted molar refractivity (Wildman–Crippen MR) is 77.8 cm³/mol. The SMILES string of the molecule is Cc1ccc(C)c(OCC(=O)NCC2(O)CCCC2)c1. The maximum absolute atomic E-state index is 11.8. The molecule has 4 nitrogen and oxygen atoms in total. The van der Waals surface area contributed by atoms with Crippen LogP contribution in [0.1, 0.15) is 36.8 Å². The summed E-state index contributed by atoms with van der Waals surface area (Å²) in [6.07, 6.45) is 3.60. The minimum absolute atomic E-state index is 0.0135. The molecule has 2 rings (SSSR count). The molecule has 0 bridgehead atoms. The monoisotopic (exact) mass is 277 g/mol. The Morgan fingerprint density at radius 1 is 1.35 bits per heavy atom. The topological polar surface area (TPSA) is 58.6 Å². The number of hydrogen-bond donors (Lipinski definition) is 2. The van der Waals surface area contributed by atoms with Gasteiger partial charge in [-0.15, -0.1) is 0 Å². The van der Waals surface area contributed by atoms with Gasteiger partial charge >= 0.3 is 0 Å². The number of aryl methyl sites for hydroxylation is 2. The molecule has 4 heteroatoms. The van der Waals surface area contributed by atoms with E-state index in [-0.39, 0.29) is 12.5 Å². The van der Waals surface area contributed by atoms with Crippen LogP contribution in [0, 0.1) is 13.8 Å². The van der Waals surface area contributed by atoms with Crippen molar-refractivity contribution in [1.29, 1.82) is 0 Å². The lowest BCUT2D eigenvalue weighted by Gasteiger charge is -2.22. The number of carbonyl (C=O) groups is 1. The van der Waals surface area contributed by atoms with Gasteiger partial charge in [0.1, 0.15) is 5.75 Å². The molecular weight excluding hydrogens is 254 g/mol. The largest absolute Gasteiger partial charge is 0.483 e. The summed E-state index contributed by atoms with van der Waals surface area (Å²) in [6.45, 7) is 4.25. The van der Waals surface area contributed by atoms with Crippen molar-refractivity contribution < 1.29 is 14.6 Å². The quantitative estimate of drug-likeness (QED) is 0.866. The molecule has 1 aliphatic rings. The highest BCUT2D eigenvalue weighted by molar-refractivity contribution is 5.77. The molecule has 1 aromatic rings. The average molecular weight is 277 g/mol. The maximum atomic E-state index is 11.8. The van der Waals surface area contributed by atoms with E-state index in [2.05, 4.69) is 5.32 Å². The Hall–Kier alpha value is -1.55. The molecule has 0 aromatic heterocycles. The van der Waals surface area contributed by atoms with Gasteiger partial charge in [-0.25, -0.2) is 0 Å². The average Bonchev–Trinajstić information content (AvgIpc) is 2.85. The Kier molecular flexibility index (Phi) is 4.65. The summed E-state index contributed by atoms with van der Waals surface area (Å²) in [6, 6.07) is 5.91. The van der Waals surface area contributed by atoms with Crippen molar-refractivity contribution in [2.45, 2.75) is 45.1 Å². The number of amides is 1. The van der Waals surface area contributed by atoms with E-state index < -0.39 is 5.60 Å². The van der Waals surface area contributed by atoms with E-state index in [1.54, 1.807) is 0 Å². The third-order valence-corrected chi connectivity index (χ3v) is 3.85. The maximum Gasteiger partial charge on any atom is 0.258 e. The molecule has 110 valence electrons. The van der Waals surface area contributed by atoms with Crippen LogP contribution in [0.25, 0.3) is 0 Å². The van der Waals surface area contributed by atoms with Gasteiger partial charge in [-0.3, -0.25) is 4.79 Å². The van der Waals surface area contributed by atoms with E-state index in [0.717, 1.165) is 42.6 Å². The standard InChI is InChI=1S/C16H23NO3/c1-12-5-6-13(2)14(9-12)20-10-15(18)17-11-16(19)7-3-4-8-16/h5-6,9,19H,3-4,7-8,10-11H2,1-2H3,(H,17,18). The Morgan fingerprint density at radius 2 is 2.05 bits per heavy atom. The van der Waals surface area contributed by atoms with Crippen LogP contribution in [-0.4, -0.2) is 29.8 Å². The molecule has 0 aliphatic heterocycles. The molecule has 1 aromatic carbocycles. The number of rotatable bonds is 5. The zero-order valence-corrected chi connectivity index (χ0v) is 12.2. The minimum atomic E-state index is -0.713. The van der Waals surface area contributed by atoms with E-state index >= 15 is 0 Å². The fourth-order valence-electron chi connectivity index (χ4n) is 2.53. The van der Waals surface area contributed by atoms with Crippen LogP contribution in [0.5, 0.6) is 5.75 Å². The van der Waals surface area contributed by atoms with E-state index in [1.807, 2.05) is 32.0 Å². The molecule has 0 atom stereocenters. The van der Waals surface area contributed by atoms with Crippen LogP contribution in [0.15, 0.2) is 18.2 Å². The van der Waals surface area contributed by atoms with Gasteiger partial charge in [-0.05, 0) is 43.9 Å². The molecule has 0 spiro atoms. The lowest BCUT2D eigenvalue weighted by Crippen LogP contribution is -2.42. The molecule has 0 heterocycles. The Labute approximate surface area is 120 Å². The molecule has 0 unspecified atom stereocenters. The molecule has 1 fully saturated rings. The van der Waals surface area contributed by atoms with Crippen molar-refractivity contribution in [3.05, 3.63) is 29.3 Å². The zero-order chi connectivity index (χ0) is 14.6. The number of ether oxygens (including phenoxy) is 1. The highest BCUT2D eigenvalue weighted by Crippen LogP contribution is 2.28. The second-order valence-corrected chi connectivity index (χ2v) is 5.77. The first kappa shape index (κ1) is 14.9.